The Morgan fingerprint density at radius 3 is 2.68 bits per heavy atom. The summed E-state index contributed by atoms with van der Waals surface area (Å²) in [6.45, 7) is 6.82. The first kappa shape index (κ1) is 16.1. The van der Waals surface area contributed by atoms with Crippen molar-refractivity contribution in [3.63, 3.8) is 0 Å². The number of ether oxygens (including phenoxy) is 1. The van der Waals surface area contributed by atoms with Crippen LogP contribution in [-0.2, 0) is 17.7 Å². The average molecular weight is 301 g/mol. The van der Waals surface area contributed by atoms with Crippen LogP contribution in [0.1, 0.15) is 32.2 Å². The Kier molecular flexibility index (Phi) is 5.20. The summed E-state index contributed by atoms with van der Waals surface area (Å²) in [5, 5.41) is 2.75. The first-order chi connectivity index (χ1) is 10.4. The summed E-state index contributed by atoms with van der Waals surface area (Å²) in [7, 11) is 0. The number of carbonyl (C=O) groups excluding carboxylic acids is 1. The maximum Gasteiger partial charge on any atom is 0.407 e. The van der Waals surface area contributed by atoms with Crippen molar-refractivity contribution in [3.05, 3.63) is 54.1 Å². The molecular weight excluding hydrogens is 278 g/mol. The van der Waals surface area contributed by atoms with E-state index in [1.165, 1.54) is 5.56 Å². The zero-order valence-electron chi connectivity index (χ0n) is 13.4. The van der Waals surface area contributed by atoms with Crippen molar-refractivity contribution in [2.24, 2.45) is 0 Å². The summed E-state index contributed by atoms with van der Waals surface area (Å²) < 4.78 is 7.30. The van der Waals surface area contributed by atoms with E-state index in [2.05, 4.69) is 27.0 Å². The van der Waals surface area contributed by atoms with E-state index in [1.54, 1.807) is 6.20 Å². The highest BCUT2D eigenvalue weighted by molar-refractivity contribution is 5.67. The maximum absolute atomic E-state index is 11.6. The Balaban J connectivity index is 1.84. The van der Waals surface area contributed by atoms with E-state index < -0.39 is 11.7 Å². The number of hydrogen-bond acceptors (Lipinski definition) is 3. The lowest BCUT2D eigenvalue weighted by atomic mass is 10.2. The number of amides is 1. The van der Waals surface area contributed by atoms with Gasteiger partial charge in [0.25, 0.3) is 0 Å². The molecule has 5 heteroatoms. The van der Waals surface area contributed by atoms with Crippen LogP contribution in [0.15, 0.2) is 42.7 Å². The molecule has 0 saturated heterocycles. The monoisotopic (exact) mass is 301 g/mol. The predicted octanol–water partition coefficient (Wildman–Crippen LogP) is 3.00. The Bertz CT molecular complexity index is 600. The molecule has 1 heterocycles. The van der Waals surface area contributed by atoms with Crippen LogP contribution in [0.2, 0.25) is 0 Å². The number of nitrogens with one attached hydrogen (secondary N) is 1. The van der Waals surface area contributed by atoms with Gasteiger partial charge in [-0.1, -0.05) is 30.3 Å². The zero-order valence-corrected chi connectivity index (χ0v) is 13.4. The molecule has 5 nitrogen and oxygen atoms in total. The van der Waals surface area contributed by atoms with Gasteiger partial charge in [-0.25, -0.2) is 9.78 Å². The zero-order chi connectivity index (χ0) is 16.0. The number of benzene rings is 1. The third kappa shape index (κ3) is 5.24. The second kappa shape index (κ2) is 7.11. The second-order valence-electron chi connectivity index (χ2n) is 6.14. The second-order valence-corrected chi connectivity index (χ2v) is 6.14. The normalized spacial score (nSPS) is 11.2. The van der Waals surface area contributed by atoms with Crippen LogP contribution in [-0.4, -0.2) is 27.8 Å². The molecular formula is C17H23N3O2. The Labute approximate surface area is 131 Å². The summed E-state index contributed by atoms with van der Waals surface area (Å²) in [5.41, 5.74) is 0.748. The van der Waals surface area contributed by atoms with E-state index in [9.17, 15) is 4.79 Å². The topological polar surface area (TPSA) is 56.1 Å². The van der Waals surface area contributed by atoms with Gasteiger partial charge in [0, 0.05) is 31.9 Å². The first-order valence-electron chi connectivity index (χ1n) is 7.45. The molecule has 1 aromatic carbocycles. The summed E-state index contributed by atoms with van der Waals surface area (Å²) in [6, 6.07) is 10.2. The molecule has 0 unspecified atom stereocenters. The number of rotatable bonds is 5. The molecule has 0 spiro atoms. The van der Waals surface area contributed by atoms with E-state index in [1.807, 2.05) is 45.2 Å². The minimum Gasteiger partial charge on any atom is -0.444 e. The Morgan fingerprint density at radius 1 is 1.27 bits per heavy atom. The highest BCUT2D eigenvalue weighted by atomic mass is 16.6. The number of aromatic nitrogens is 2. The van der Waals surface area contributed by atoms with Gasteiger partial charge in [-0.05, 0) is 26.3 Å². The molecule has 0 fully saturated rings. The maximum atomic E-state index is 11.6. The van der Waals surface area contributed by atoms with Gasteiger partial charge < -0.3 is 14.6 Å². The fraction of sp³-hybridized carbons (Fsp3) is 0.412. The van der Waals surface area contributed by atoms with Gasteiger partial charge in [0.1, 0.15) is 11.4 Å². The van der Waals surface area contributed by atoms with Gasteiger partial charge in [0.05, 0.1) is 0 Å². The predicted molar refractivity (Wildman–Crippen MR) is 85.7 cm³/mol. The standard InChI is InChI=1S/C17H23N3O2/c1-17(2,3)22-16(21)19-10-9-15-18-11-12-20(15)13-14-7-5-4-6-8-14/h4-8,11-12H,9-10,13H2,1-3H3,(H,19,21). The van der Waals surface area contributed by atoms with Gasteiger partial charge in [-0.2, -0.15) is 0 Å². The number of carbonyl (C=O) groups is 1. The molecule has 1 aromatic heterocycles. The minimum absolute atomic E-state index is 0.395. The van der Waals surface area contributed by atoms with Crippen molar-refractivity contribution in [2.45, 2.75) is 39.3 Å². The molecule has 2 rings (SSSR count). The van der Waals surface area contributed by atoms with Gasteiger partial charge in [0.2, 0.25) is 0 Å². The summed E-state index contributed by atoms with van der Waals surface area (Å²) >= 11 is 0. The molecule has 0 atom stereocenters. The molecule has 1 amide bonds. The van der Waals surface area contributed by atoms with E-state index >= 15 is 0 Å². The molecule has 2 aromatic rings. The highest BCUT2D eigenvalue weighted by Gasteiger charge is 2.15. The quantitative estimate of drug-likeness (QED) is 0.923. The number of nitrogens with zero attached hydrogens (tertiary/aromatic N) is 2. The fourth-order valence-electron chi connectivity index (χ4n) is 2.08. The van der Waals surface area contributed by atoms with Crippen LogP contribution < -0.4 is 5.32 Å². The molecule has 0 radical (unpaired) electrons. The first-order valence-corrected chi connectivity index (χ1v) is 7.45. The number of alkyl carbamates (subject to hydrolysis) is 1. The van der Waals surface area contributed by atoms with Crippen molar-refractivity contribution >= 4 is 6.09 Å². The van der Waals surface area contributed by atoms with E-state index in [0.29, 0.717) is 13.0 Å². The molecule has 0 bridgehead atoms. The molecule has 0 aliphatic rings. The fourth-order valence-corrected chi connectivity index (χ4v) is 2.08. The molecule has 118 valence electrons. The van der Waals surface area contributed by atoms with Crippen molar-refractivity contribution in [2.75, 3.05) is 6.54 Å². The van der Waals surface area contributed by atoms with E-state index in [0.717, 1.165) is 12.4 Å². The van der Waals surface area contributed by atoms with Gasteiger partial charge >= 0.3 is 6.09 Å². The summed E-state index contributed by atoms with van der Waals surface area (Å²) in [4.78, 5) is 16.0. The Morgan fingerprint density at radius 2 is 2.00 bits per heavy atom. The van der Waals surface area contributed by atoms with E-state index in [4.69, 9.17) is 4.74 Å². The minimum atomic E-state index is -0.476. The van der Waals surface area contributed by atoms with E-state index in [-0.39, 0.29) is 0 Å². The number of imidazole rings is 1. The average Bonchev–Trinajstić information content (AvgIpc) is 2.85. The third-order valence-corrected chi connectivity index (χ3v) is 3.01. The van der Waals surface area contributed by atoms with Crippen LogP contribution in [0.4, 0.5) is 4.79 Å². The van der Waals surface area contributed by atoms with Crippen molar-refractivity contribution in [1.29, 1.82) is 0 Å². The molecule has 22 heavy (non-hydrogen) atoms. The van der Waals surface area contributed by atoms with Crippen molar-refractivity contribution in [3.8, 4) is 0 Å². The number of hydrogen-bond donors (Lipinski definition) is 1. The van der Waals surface area contributed by atoms with Gasteiger partial charge in [-0.15, -0.1) is 0 Å². The smallest absolute Gasteiger partial charge is 0.407 e. The Hall–Kier alpha value is -2.30. The largest absolute Gasteiger partial charge is 0.444 e. The summed E-state index contributed by atoms with van der Waals surface area (Å²) in [6.07, 6.45) is 4.01. The van der Waals surface area contributed by atoms with Crippen LogP contribution in [0.5, 0.6) is 0 Å². The third-order valence-electron chi connectivity index (χ3n) is 3.01. The summed E-state index contributed by atoms with van der Waals surface area (Å²) in [5.74, 6) is 0.944. The lowest BCUT2D eigenvalue weighted by Crippen LogP contribution is -2.33. The van der Waals surface area contributed by atoms with Gasteiger partial charge in [-0.3, -0.25) is 0 Å². The molecule has 0 aliphatic carbocycles. The van der Waals surface area contributed by atoms with Crippen LogP contribution in [0.25, 0.3) is 0 Å². The van der Waals surface area contributed by atoms with Gasteiger partial charge in [0.15, 0.2) is 0 Å². The van der Waals surface area contributed by atoms with Crippen LogP contribution >= 0.6 is 0 Å². The molecule has 1 N–H and O–H groups in total. The lowest BCUT2D eigenvalue weighted by molar-refractivity contribution is 0.0528. The SMILES string of the molecule is CC(C)(C)OC(=O)NCCc1nccn1Cc1ccccc1. The lowest BCUT2D eigenvalue weighted by Gasteiger charge is -2.19. The van der Waals surface area contributed by atoms with Crippen LogP contribution in [0, 0.1) is 0 Å². The molecule has 0 saturated carbocycles. The highest BCUT2D eigenvalue weighted by Crippen LogP contribution is 2.07. The molecule has 0 aliphatic heterocycles. The van der Waals surface area contributed by atoms with Crippen molar-refractivity contribution < 1.29 is 9.53 Å². The van der Waals surface area contributed by atoms with Crippen molar-refractivity contribution in [1.82, 2.24) is 14.9 Å². The van der Waals surface area contributed by atoms with Crippen LogP contribution in [0.3, 0.4) is 0 Å².